The molecule has 0 bridgehead atoms. The number of piperidine rings is 1. The normalized spacial score (nSPS) is 25.3. The van der Waals surface area contributed by atoms with Crippen LogP contribution in [0.1, 0.15) is 37.8 Å². The number of aryl methyl sites for hydroxylation is 1. The van der Waals surface area contributed by atoms with Crippen LogP contribution in [0, 0.1) is 5.92 Å². The average Bonchev–Trinajstić information content (AvgIpc) is 2.42. The number of nitrogens with zero attached hydrogens (tertiary/aromatic N) is 1. The lowest BCUT2D eigenvalue weighted by atomic mass is 9.92. The molecule has 18 heavy (non-hydrogen) atoms. The molecule has 2 N–H and O–H groups in total. The molecule has 100 valence electrons. The summed E-state index contributed by atoms with van der Waals surface area (Å²) in [6.45, 7) is 7.67. The molecule has 1 aliphatic heterocycles. The Morgan fingerprint density at radius 1 is 1.22 bits per heavy atom. The van der Waals surface area contributed by atoms with E-state index in [1.54, 1.807) is 0 Å². The molecule has 0 saturated carbocycles. The van der Waals surface area contributed by atoms with Gasteiger partial charge in [0.15, 0.2) is 0 Å². The van der Waals surface area contributed by atoms with Crippen molar-refractivity contribution in [3.05, 3.63) is 35.4 Å². The lowest BCUT2D eigenvalue weighted by molar-refractivity contribution is 0.113. The van der Waals surface area contributed by atoms with E-state index in [0.717, 1.165) is 26.1 Å². The Morgan fingerprint density at radius 2 is 1.94 bits per heavy atom. The number of nitrogens with two attached hydrogens (primary N) is 1. The molecule has 2 rings (SSSR count). The third-order valence-electron chi connectivity index (χ3n) is 4.31. The van der Waals surface area contributed by atoms with Crippen LogP contribution in [0.25, 0.3) is 0 Å². The lowest BCUT2D eigenvalue weighted by Crippen LogP contribution is -2.43. The first kappa shape index (κ1) is 13.6. The number of hydrogen-bond donors (Lipinski definition) is 1. The zero-order valence-electron chi connectivity index (χ0n) is 11.7. The van der Waals surface area contributed by atoms with E-state index in [0.29, 0.717) is 12.0 Å². The maximum Gasteiger partial charge on any atom is 0.0239 e. The van der Waals surface area contributed by atoms with E-state index >= 15 is 0 Å². The van der Waals surface area contributed by atoms with Crippen LogP contribution in [-0.2, 0) is 13.0 Å². The van der Waals surface area contributed by atoms with E-state index in [2.05, 4.69) is 43.0 Å². The van der Waals surface area contributed by atoms with Gasteiger partial charge in [0.2, 0.25) is 0 Å². The summed E-state index contributed by atoms with van der Waals surface area (Å²) < 4.78 is 0. The van der Waals surface area contributed by atoms with Crippen molar-refractivity contribution in [3.8, 4) is 0 Å². The molecule has 2 heteroatoms. The van der Waals surface area contributed by atoms with E-state index in [9.17, 15) is 0 Å². The number of rotatable bonds is 4. The first-order valence-corrected chi connectivity index (χ1v) is 7.25. The summed E-state index contributed by atoms with van der Waals surface area (Å²) in [5.74, 6) is 0.690. The second-order valence-corrected chi connectivity index (χ2v) is 5.58. The molecule has 2 unspecified atom stereocenters. The summed E-state index contributed by atoms with van der Waals surface area (Å²) in [7, 11) is 0. The zero-order chi connectivity index (χ0) is 13.0. The zero-order valence-corrected chi connectivity index (χ0v) is 11.7. The second kappa shape index (κ2) is 6.35. The predicted octanol–water partition coefficient (Wildman–Crippen LogP) is 2.81. The molecular formula is C16H26N2. The second-order valence-electron chi connectivity index (χ2n) is 5.58. The van der Waals surface area contributed by atoms with Gasteiger partial charge in [-0.2, -0.15) is 0 Å². The van der Waals surface area contributed by atoms with Crippen molar-refractivity contribution in [2.45, 2.75) is 45.7 Å². The third kappa shape index (κ3) is 3.12. The molecule has 1 aromatic carbocycles. The first-order chi connectivity index (χ1) is 8.74. The Kier molecular flexibility index (Phi) is 4.79. The molecule has 1 aliphatic rings. The van der Waals surface area contributed by atoms with Gasteiger partial charge < -0.3 is 5.73 Å². The SMILES string of the molecule is CCc1ccccc1CN1CC(CN)CCC1C. The average molecular weight is 246 g/mol. The van der Waals surface area contributed by atoms with Crippen molar-refractivity contribution in [2.75, 3.05) is 13.1 Å². The Morgan fingerprint density at radius 3 is 2.61 bits per heavy atom. The number of likely N-dealkylation sites (tertiary alicyclic amines) is 1. The monoisotopic (exact) mass is 246 g/mol. The highest BCUT2D eigenvalue weighted by Crippen LogP contribution is 2.24. The Hall–Kier alpha value is -0.860. The highest BCUT2D eigenvalue weighted by Gasteiger charge is 2.24. The number of benzene rings is 1. The molecule has 0 amide bonds. The standard InChI is InChI=1S/C16H26N2/c1-3-15-6-4-5-7-16(15)12-18-11-14(10-17)9-8-13(18)2/h4-7,13-14H,3,8-12,17H2,1-2H3. The minimum atomic E-state index is 0.690. The fourth-order valence-electron chi connectivity index (χ4n) is 2.95. The fourth-order valence-corrected chi connectivity index (χ4v) is 2.95. The Bertz CT molecular complexity index is 375. The minimum absolute atomic E-state index is 0.690. The summed E-state index contributed by atoms with van der Waals surface area (Å²) in [5, 5.41) is 0. The topological polar surface area (TPSA) is 29.3 Å². The van der Waals surface area contributed by atoms with Crippen molar-refractivity contribution in [1.29, 1.82) is 0 Å². The van der Waals surface area contributed by atoms with Gasteiger partial charge in [0.25, 0.3) is 0 Å². The van der Waals surface area contributed by atoms with Crippen LogP contribution in [0.5, 0.6) is 0 Å². The highest BCUT2D eigenvalue weighted by atomic mass is 15.2. The van der Waals surface area contributed by atoms with Gasteiger partial charge in [-0.3, -0.25) is 4.90 Å². The first-order valence-electron chi connectivity index (χ1n) is 7.25. The Labute approximate surface area is 111 Å². The molecule has 0 aliphatic carbocycles. The summed E-state index contributed by atoms with van der Waals surface area (Å²) in [6.07, 6.45) is 3.71. The van der Waals surface area contributed by atoms with E-state index in [4.69, 9.17) is 5.73 Å². The summed E-state index contributed by atoms with van der Waals surface area (Å²) >= 11 is 0. The van der Waals surface area contributed by atoms with E-state index < -0.39 is 0 Å². The van der Waals surface area contributed by atoms with Gasteiger partial charge in [-0.25, -0.2) is 0 Å². The number of hydrogen-bond acceptors (Lipinski definition) is 2. The molecule has 1 fully saturated rings. The quantitative estimate of drug-likeness (QED) is 0.885. The molecule has 0 aromatic heterocycles. The van der Waals surface area contributed by atoms with Crippen molar-refractivity contribution < 1.29 is 0 Å². The molecule has 0 radical (unpaired) electrons. The van der Waals surface area contributed by atoms with Gasteiger partial charge >= 0.3 is 0 Å². The maximum atomic E-state index is 5.83. The van der Waals surface area contributed by atoms with Crippen LogP contribution >= 0.6 is 0 Å². The summed E-state index contributed by atoms with van der Waals surface area (Å²) in [5.41, 5.74) is 8.81. The van der Waals surface area contributed by atoms with Gasteiger partial charge in [-0.05, 0) is 49.8 Å². The van der Waals surface area contributed by atoms with Crippen molar-refractivity contribution in [1.82, 2.24) is 4.90 Å². The minimum Gasteiger partial charge on any atom is -0.330 e. The van der Waals surface area contributed by atoms with Crippen LogP contribution in [0.2, 0.25) is 0 Å². The van der Waals surface area contributed by atoms with Crippen LogP contribution in [0.4, 0.5) is 0 Å². The van der Waals surface area contributed by atoms with E-state index in [-0.39, 0.29) is 0 Å². The Balaban J connectivity index is 2.07. The molecule has 0 spiro atoms. The van der Waals surface area contributed by atoms with Crippen LogP contribution in [-0.4, -0.2) is 24.0 Å². The molecule has 1 heterocycles. The van der Waals surface area contributed by atoms with Gasteiger partial charge in [0.1, 0.15) is 0 Å². The third-order valence-corrected chi connectivity index (χ3v) is 4.31. The lowest BCUT2D eigenvalue weighted by Gasteiger charge is -2.38. The van der Waals surface area contributed by atoms with Crippen LogP contribution < -0.4 is 5.73 Å². The van der Waals surface area contributed by atoms with Gasteiger partial charge in [-0.1, -0.05) is 31.2 Å². The van der Waals surface area contributed by atoms with Gasteiger partial charge in [0.05, 0.1) is 0 Å². The van der Waals surface area contributed by atoms with E-state index in [1.807, 2.05) is 0 Å². The van der Waals surface area contributed by atoms with Crippen molar-refractivity contribution in [2.24, 2.45) is 11.7 Å². The predicted molar refractivity (Wildman–Crippen MR) is 77.5 cm³/mol. The van der Waals surface area contributed by atoms with Crippen molar-refractivity contribution in [3.63, 3.8) is 0 Å². The van der Waals surface area contributed by atoms with E-state index in [1.165, 1.54) is 24.0 Å². The van der Waals surface area contributed by atoms with Crippen molar-refractivity contribution >= 4 is 0 Å². The largest absolute Gasteiger partial charge is 0.330 e. The van der Waals surface area contributed by atoms with Crippen LogP contribution in [0.15, 0.2) is 24.3 Å². The summed E-state index contributed by atoms with van der Waals surface area (Å²) in [4.78, 5) is 2.61. The smallest absolute Gasteiger partial charge is 0.0239 e. The van der Waals surface area contributed by atoms with Gasteiger partial charge in [-0.15, -0.1) is 0 Å². The molecule has 1 saturated heterocycles. The van der Waals surface area contributed by atoms with Crippen LogP contribution in [0.3, 0.4) is 0 Å². The van der Waals surface area contributed by atoms with Gasteiger partial charge in [0, 0.05) is 19.1 Å². The fraction of sp³-hybridized carbons (Fsp3) is 0.625. The molecular weight excluding hydrogens is 220 g/mol. The molecule has 2 nitrogen and oxygen atoms in total. The highest BCUT2D eigenvalue weighted by molar-refractivity contribution is 5.27. The molecule has 2 atom stereocenters. The maximum absolute atomic E-state index is 5.83. The molecule has 1 aromatic rings. The summed E-state index contributed by atoms with van der Waals surface area (Å²) in [6, 6.07) is 9.52.